The Balaban J connectivity index is 2.09. The van der Waals surface area contributed by atoms with Crippen LogP contribution in [0.3, 0.4) is 0 Å². The lowest BCUT2D eigenvalue weighted by atomic mass is 9.81. The van der Waals surface area contributed by atoms with E-state index in [0.717, 1.165) is 25.7 Å². The Kier molecular flexibility index (Phi) is 2.11. The Morgan fingerprint density at radius 1 is 1.46 bits per heavy atom. The number of halogens is 1. The molecule has 13 heavy (non-hydrogen) atoms. The average molecular weight is 243 g/mol. The van der Waals surface area contributed by atoms with Crippen molar-refractivity contribution in [1.29, 1.82) is 0 Å². The SMILES string of the molecule is O=C(O)C1CCC2CC2(C#CBr)C1. The molecule has 0 amide bonds. The third-order valence-electron chi connectivity index (χ3n) is 3.35. The molecule has 0 spiro atoms. The molecule has 2 rings (SSSR count). The summed E-state index contributed by atoms with van der Waals surface area (Å²) in [5.74, 6) is 2.99. The van der Waals surface area contributed by atoms with Gasteiger partial charge in [0.05, 0.1) is 5.92 Å². The quantitative estimate of drug-likeness (QED) is 0.717. The van der Waals surface area contributed by atoms with E-state index in [4.69, 9.17) is 5.11 Å². The smallest absolute Gasteiger partial charge is 0.306 e. The second-order valence-electron chi connectivity index (χ2n) is 4.09. The predicted molar refractivity (Wildman–Crippen MR) is 52.2 cm³/mol. The molecule has 0 radical (unpaired) electrons. The molecule has 2 saturated carbocycles. The van der Waals surface area contributed by atoms with Gasteiger partial charge < -0.3 is 5.11 Å². The standard InChI is InChI=1S/C10H11BrO2/c11-4-3-10-5-7(9(12)13)1-2-8(10)6-10/h7-8H,1-2,5-6H2,(H,12,13). The van der Waals surface area contributed by atoms with E-state index in [1.54, 1.807) is 0 Å². The van der Waals surface area contributed by atoms with Crippen molar-refractivity contribution < 1.29 is 9.90 Å². The van der Waals surface area contributed by atoms with Gasteiger partial charge in [-0.05, 0) is 36.4 Å². The van der Waals surface area contributed by atoms with Gasteiger partial charge in [-0.25, -0.2) is 0 Å². The summed E-state index contributed by atoms with van der Waals surface area (Å²) in [6, 6.07) is 0. The summed E-state index contributed by atoms with van der Waals surface area (Å²) in [5.41, 5.74) is 0.0603. The maximum atomic E-state index is 10.8. The number of aliphatic carboxylic acids is 1. The molecule has 1 N–H and O–H groups in total. The first-order valence-corrected chi connectivity index (χ1v) is 5.33. The Bertz CT molecular complexity index is 302. The normalized spacial score (nSPS) is 41.3. The summed E-state index contributed by atoms with van der Waals surface area (Å²) in [7, 11) is 0. The van der Waals surface area contributed by atoms with Crippen molar-refractivity contribution in [3.05, 3.63) is 0 Å². The van der Waals surface area contributed by atoms with Crippen LogP contribution in [-0.2, 0) is 4.79 Å². The van der Waals surface area contributed by atoms with Gasteiger partial charge in [-0.3, -0.25) is 4.79 Å². The van der Waals surface area contributed by atoms with Gasteiger partial charge >= 0.3 is 5.97 Å². The lowest BCUT2D eigenvalue weighted by Gasteiger charge is -2.22. The van der Waals surface area contributed by atoms with Crippen LogP contribution < -0.4 is 0 Å². The van der Waals surface area contributed by atoms with Gasteiger partial charge in [0.15, 0.2) is 0 Å². The van der Waals surface area contributed by atoms with Crippen molar-refractivity contribution >= 4 is 21.9 Å². The molecule has 3 heteroatoms. The molecule has 0 saturated heterocycles. The maximum Gasteiger partial charge on any atom is 0.306 e. The van der Waals surface area contributed by atoms with Crippen molar-refractivity contribution in [2.75, 3.05) is 0 Å². The van der Waals surface area contributed by atoms with Crippen LogP contribution in [0.25, 0.3) is 0 Å². The molecule has 2 aliphatic rings. The third kappa shape index (κ3) is 1.48. The molecule has 0 heterocycles. The highest BCUT2D eigenvalue weighted by Crippen LogP contribution is 2.62. The van der Waals surface area contributed by atoms with Crippen LogP contribution in [0.15, 0.2) is 0 Å². The van der Waals surface area contributed by atoms with Gasteiger partial charge in [0.2, 0.25) is 0 Å². The zero-order valence-electron chi connectivity index (χ0n) is 7.22. The van der Waals surface area contributed by atoms with E-state index in [9.17, 15) is 4.79 Å². The van der Waals surface area contributed by atoms with Crippen molar-refractivity contribution in [1.82, 2.24) is 0 Å². The van der Waals surface area contributed by atoms with E-state index in [1.165, 1.54) is 0 Å². The molecular weight excluding hydrogens is 232 g/mol. The zero-order valence-corrected chi connectivity index (χ0v) is 8.80. The maximum absolute atomic E-state index is 10.8. The molecule has 3 atom stereocenters. The van der Waals surface area contributed by atoms with Crippen molar-refractivity contribution in [2.45, 2.75) is 25.7 Å². The van der Waals surface area contributed by atoms with Gasteiger partial charge in [0.1, 0.15) is 0 Å². The molecular formula is C10H11BrO2. The highest BCUT2D eigenvalue weighted by atomic mass is 79.9. The molecule has 70 valence electrons. The molecule has 0 aromatic heterocycles. The monoisotopic (exact) mass is 242 g/mol. The minimum absolute atomic E-state index is 0.0603. The first kappa shape index (κ1) is 9.08. The first-order valence-electron chi connectivity index (χ1n) is 4.53. The van der Waals surface area contributed by atoms with Crippen LogP contribution in [0.2, 0.25) is 0 Å². The van der Waals surface area contributed by atoms with Gasteiger partial charge in [-0.1, -0.05) is 5.92 Å². The number of carboxylic acid groups (broad SMARTS) is 1. The largest absolute Gasteiger partial charge is 0.481 e. The molecule has 0 aromatic carbocycles. The lowest BCUT2D eigenvalue weighted by Crippen LogP contribution is -2.23. The zero-order chi connectivity index (χ0) is 9.47. The number of carboxylic acids is 1. The van der Waals surface area contributed by atoms with Gasteiger partial charge in [0, 0.05) is 21.3 Å². The Labute approximate surface area is 85.8 Å². The van der Waals surface area contributed by atoms with Gasteiger partial charge in [0.25, 0.3) is 0 Å². The van der Waals surface area contributed by atoms with E-state index in [-0.39, 0.29) is 11.3 Å². The fraction of sp³-hybridized carbons (Fsp3) is 0.700. The molecule has 0 aromatic rings. The summed E-state index contributed by atoms with van der Waals surface area (Å²) >= 11 is 3.10. The molecule has 2 aliphatic carbocycles. The van der Waals surface area contributed by atoms with Crippen molar-refractivity contribution in [3.63, 3.8) is 0 Å². The molecule has 3 unspecified atom stereocenters. The topological polar surface area (TPSA) is 37.3 Å². The van der Waals surface area contributed by atoms with E-state index < -0.39 is 5.97 Å². The highest BCUT2D eigenvalue weighted by molar-refractivity contribution is 9.12. The molecule has 0 bridgehead atoms. The molecule has 0 aliphatic heterocycles. The molecule has 2 nitrogen and oxygen atoms in total. The Hall–Kier alpha value is -0.490. The fourth-order valence-electron chi connectivity index (χ4n) is 2.46. The van der Waals surface area contributed by atoms with Crippen LogP contribution in [0, 0.1) is 28.0 Å². The fourth-order valence-corrected chi connectivity index (χ4v) is 2.86. The van der Waals surface area contributed by atoms with Crippen molar-refractivity contribution in [2.24, 2.45) is 17.3 Å². The summed E-state index contributed by atoms with van der Waals surface area (Å²) < 4.78 is 0. The van der Waals surface area contributed by atoms with Crippen LogP contribution in [0.4, 0.5) is 0 Å². The summed E-state index contributed by atoms with van der Waals surface area (Å²) in [6.45, 7) is 0. The highest BCUT2D eigenvalue weighted by Gasteiger charge is 2.57. The van der Waals surface area contributed by atoms with E-state index >= 15 is 0 Å². The number of hydrogen-bond donors (Lipinski definition) is 1. The Morgan fingerprint density at radius 3 is 2.85 bits per heavy atom. The minimum atomic E-state index is -0.652. The number of rotatable bonds is 1. The first-order chi connectivity index (χ1) is 6.18. The molecule has 2 fully saturated rings. The summed E-state index contributed by atoms with van der Waals surface area (Å²) in [4.78, 5) is 13.6. The van der Waals surface area contributed by atoms with E-state index in [1.807, 2.05) is 0 Å². The van der Waals surface area contributed by atoms with Gasteiger partial charge in [-0.2, -0.15) is 0 Å². The Morgan fingerprint density at radius 2 is 2.23 bits per heavy atom. The minimum Gasteiger partial charge on any atom is -0.481 e. The number of hydrogen-bond acceptors (Lipinski definition) is 1. The van der Waals surface area contributed by atoms with Crippen LogP contribution in [-0.4, -0.2) is 11.1 Å². The predicted octanol–water partition coefficient (Wildman–Crippen LogP) is 2.23. The second-order valence-corrected chi connectivity index (χ2v) is 4.49. The summed E-state index contributed by atoms with van der Waals surface area (Å²) in [5, 5.41) is 8.90. The summed E-state index contributed by atoms with van der Waals surface area (Å²) in [6.07, 6.45) is 3.74. The van der Waals surface area contributed by atoms with Crippen LogP contribution in [0.1, 0.15) is 25.7 Å². The number of carbonyl (C=O) groups is 1. The van der Waals surface area contributed by atoms with Gasteiger partial charge in [-0.15, -0.1) is 0 Å². The second kappa shape index (κ2) is 3.02. The van der Waals surface area contributed by atoms with E-state index in [0.29, 0.717) is 5.92 Å². The van der Waals surface area contributed by atoms with Crippen LogP contribution in [0.5, 0.6) is 0 Å². The third-order valence-corrected chi connectivity index (χ3v) is 3.55. The van der Waals surface area contributed by atoms with Crippen LogP contribution >= 0.6 is 15.9 Å². The number of fused-ring (bicyclic) bond motifs is 1. The van der Waals surface area contributed by atoms with Crippen molar-refractivity contribution in [3.8, 4) is 10.8 Å². The average Bonchev–Trinajstić information content (AvgIpc) is 2.77. The lowest BCUT2D eigenvalue weighted by molar-refractivity contribution is -0.143. The van der Waals surface area contributed by atoms with E-state index in [2.05, 4.69) is 26.7 Å².